The second-order valence-corrected chi connectivity index (χ2v) is 8.81. The molecule has 0 unspecified atom stereocenters. The minimum absolute atomic E-state index is 0.00937. The molecule has 160 valence electrons. The molecule has 0 bridgehead atoms. The van der Waals surface area contributed by atoms with Crippen LogP contribution in [0.25, 0.3) is 0 Å². The Balaban J connectivity index is 1.68. The zero-order valence-electron chi connectivity index (χ0n) is 16.6. The highest BCUT2D eigenvalue weighted by atomic mass is 35.5. The third-order valence-corrected chi connectivity index (χ3v) is 5.88. The van der Waals surface area contributed by atoms with Crippen molar-refractivity contribution in [3.63, 3.8) is 0 Å². The second-order valence-electron chi connectivity index (χ2n) is 6.72. The van der Waals surface area contributed by atoms with Crippen molar-refractivity contribution < 1.29 is 18.0 Å². The largest absolute Gasteiger partial charge is 0.326 e. The molecule has 0 aliphatic carbocycles. The first-order valence-electron chi connectivity index (χ1n) is 9.27. The van der Waals surface area contributed by atoms with Gasteiger partial charge in [-0.25, -0.2) is 8.42 Å². The molecular weight excluding hydrogens is 438 g/mol. The third-order valence-electron chi connectivity index (χ3n) is 4.19. The number of amides is 2. The molecule has 3 aromatic carbocycles. The molecule has 0 radical (unpaired) electrons. The zero-order chi connectivity index (χ0) is 22.4. The Morgan fingerprint density at radius 3 is 2.26 bits per heavy atom. The van der Waals surface area contributed by atoms with Crippen molar-refractivity contribution in [2.45, 2.75) is 18.2 Å². The van der Waals surface area contributed by atoms with E-state index < -0.39 is 10.0 Å². The predicted octanol–water partition coefficient (Wildman–Crippen LogP) is 4.28. The van der Waals surface area contributed by atoms with Crippen LogP contribution in [0.2, 0.25) is 5.02 Å². The highest BCUT2D eigenvalue weighted by molar-refractivity contribution is 7.92. The van der Waals surface area contributed by atoms with Gasteiger partial charge in [-0.2, -0.15) is 0 Å². The Morgan fingerprint density at radius 2 is 1.58 bits per heavy atom. The van der Waals surface area contributed by atoms with Crippen molar-refractivity contribution in [2.24, 2.45) is 0 Å². The van der Waals surface area contributed by atoms with Gasteiger partial charge in [0.1, 0.15) is 0 Å². The molecule has 0 atom stereocenters. The summed E-state index contributed by atoms with van der Waals surface area (Å²) >= 11 is 6.02. The van der Waals surface area contributed by atoms with Crippen LogP contribution < -0.4 is 15.4 Å². The van der Waals surface area contributed by atoms with E-state index in [0.29, 0.717) is 11.4 Å². The van der Waals surface area contributed by atoms with E-state index in [2.05, 4.69) is 15.4 Å². The van der Waals surface area contributed by atoms with Crippen molar-refractivity contribution in [1.29, 1.82) is 0 Å². The van der Waals surface area contributed by atoms with E-state index in [1.807, 2.05) is 0 Å². The van der Waals surface area contributed by atoms with E-state index in [1.165, 1.54) is 19.1 Å². The van der Waals surface area contributed by atoms with Crippen LogP contribution in [0, 0.1) is 0 Å². The van der Waals surface area contributed by atoms with Gasteiger partial charge in [0.2, 0.25) is 11.8 Å². The van der Waals surface area contributed by atoms with Crippen LogP contribution in [0.1, 0.15) is 12.5 Å². The van der Waals surface area contributed by atoms with Crippen LogP contribution in [0.3, 0.4) is 0 Å². The van der Waals surface area contributed by atoms with Crippen LogP contribution in [0.5, 0.6) is 0 Å². The van der Waals surface area contributed by atoms with Gasteiger partial charge >= 0.3 is 0 Å². The van der Waals surface area contributed by atoms with E-state index in [4.69, 9.17) is 11.6 Å². The van der Waals surface area contributed by atoms with Crippen LogP contribution in [0.15, 0.2) is 77.7 Å². The Bertz CT molecular complexity index is 1210. The minimum Gasteiger partial charge on any atom is -0.326 e. The van der Waals surface area contributed by atoms with Gasteiger partial charge < -0.3 is 10.6 Å². The summed E-state index contributed by atoms with van der Waals surface area (Å²) in [7, 11) is -3.89. The quantitative estimate of drug-likeness (QED) is 0.492. The SMILES string of the molecule is CC(=O)Nc1ccc(CC(=O)Nc2cccc(S(=O)(=O)Nc3ccccc3Cl)c2)cc1. The molecule has 3 rings (SSSR count). The fourth-order valence-electron chi connectivity index (χ4n) is 2.79. The molecule has 0 saturated carbocycles. The summed E-state index contributed by atoms with van der Waals surface area (Å²) in [6.45, 7) is 1.42. The van der Waals surface area contributed by atoms with Gasteiger partial charge in [0.05, 0.1) is 22.0 Å². The first kappa shape index (κ1) is 22.3. The van der Waals surface area contributed by atoms with Crippen LogP contribution in [-0.4, -0.2) is 20.2 Å². The maximum atomic E-state index is 12.7. The number of para-hydroxylation sites is 1. The summed E-state index contributed by atoms with van der Waals surface area (Å²) in [5, 5.41) is 5.63. The molecule has 0 heterocycles. The molecule has 0 saturated heterocycles. The fourth-order valence-corrected chi connectivity index (χ4v) is 4.15. The lowest BCUT2D eigenvalue weighted by molar-refractivity contribution is -0.116. The molecule has 31 heavy (non-hydrogen) atoms. The molecule has 9 heteroatoms. The zero-order valence-corrected chi connectivity index (χ0v) is 18.1. The van der Waals surface area contributed by atoms with Gasteiger partial charge in [-0.3, -0.25) is 14.3 Å². The van der Waals surface area contributed by atoms with E-state index in [1.54, 1.807) is 60.7 Å². The summed E-state index contributed by atoms with van der Waals surface area (Å²) in [4.78, 5) is 23.4. The Labute approximate surface area is 185 Å². The molecule has 0 aliphatic heterocycles. The highest BCUT2D eigenvalue weighted by Crippen LogP contribution is 2.25. The normalized spacial score (nSPS) is 10.9. The highest BCUT2D eigenvalue weighted by Gasteiger charge is 2.16. The molecule has 7 nitrogen and oxygen atoms in total. The molecule has 2 amide bonds. The summed E-state index contributed by atoms with van der Waals surface area (Å²) in [6, 6.07) is 19.3. The number of carbonyl (C=O) groups excluding carboxylic acids is 2. The van der Waals surface area contributed by atoms with E-state index in [9.17, 15) is 18.0 Å². The van der Waals surface area contributed by atoms with Crippen LogP contribution in [0.4, 0.5) is 17.1 Å². The standard InChI is InChI=1S/C22H20ClN3O4S/c1-15(27)24-17-11-9-16(10-12-17)13-22(28)25-18-5-4-6-19(14-18)31(29,30)26-21-8-3-2-7-20(21)23/h2-12,14,26H,13H2,1H3,(H,24,27)(H,25,28). The molecule has 0 spiro atoms. The lowest BCUT2D eigenvalue weighted by Gasteiger charge is -2.11. The van der Waals surface area contributed by atoms with Crippen molar-refractivity contribution in [1.82, 2.24) is 0 Å². The van der Waals surface area contributed by atoms with Crippen molar-refractivity contribution in [3.05, 3.63) is 83.4 Å². The number of carbonyl (C=O) groups is 2. The minimum atomic E-state index is -3.89. The monoisotopic (exact) mass is 457 g/mol. The average molecular weight is 458 g/mol. The first-order chi connectivity index (χ1) is 14.7. The molecule has 0 aromatic heterocycles. The fraction of sp³-hybridized carbons (Fsp3) is 0.0909. The number of anilines is 3. The van der Waals surface area contributed by atoms with Gasteiger partial charge in [-0.05, 0) is 48.0 Å². The Kier molecular flexibility index (Phi) is 6.94. The molecule has 0 aliphatic rings. The Morgan fingerprint density at radius 1 is 0.871 bits per heavy atom. The molecular formula is C22H20ClN3O4S. The maximum Gasteiger partial charge on any atom is 0.262 e. The molecule has 3 aromatic rings. The van der Waals surface area contributed by atoms with E-state index in [0.717, 1.165) is 5.56 Å². The van der Waals surface area contributed by atoms with Gasteiger partial charge in [-0.15, -0.1) is 0 Å². The summed E-state index contributed by atoms with van der Waals surface area (Å²) < 4.78 is 27.8. The maximum absolute atomic E-state index is 12.7. The van der Waals surface area contributed by atoms with Crippen LogP contribution in [-0.2, 0) is 26.0 Å². The van der Waals surface area contributed by atoms with Crippen LogP contribution >= 0.6 is 11.6 Å². The van der Waals surface area contributed by atoms with Crippen molar-refractivity contribution in [3.8, 4) is 0 Å². The summed E-state index contributed by atoms with van der Waals surface area (Å²) in [5.41, 5.74) is 2.00. The van der Waals surface area contributed by atoms with E-state index >= 15 is 0 Å². The topological polar surface area (TPSA) is 104 Å². The third kappa shape index (κ3) is 6.31. The summed E-state index contributed by atoms with van der Waals surface area (Å²) in [5.74, 6) is -0.481. The molecule has 0 fully saturated rings. The number of hydrogen-bond acceptors (Lipinski definition) is 4. The number of nitrogens with one attached hydrogen (secondary N) is 3. The number of hydrogen-bond donors (Lipinski definition) is 3. The number of rotatable bonds is 7. The van der Waals surface area contributed by atoms with Gasteiger partial charge in [0.15, 0.2) is 0 Å². The summed E-state index contributed by atoms with van der Waals surface area (Å²) in [6.07, 6.45) is 0.0925. The van der Waals surface area contributed by atoms with Crippen molar-refractivity contribution >= 4 is 50.5 Å². The lowest BCUT2D eigenvalue weighted by Crippen LogP contribution is -2.16. The number of halogens is 1. The predicted molar refractivity (Wildman–Crippen MR) is 122 cm³/mol. The number of sulfonamides is 1. The number of benzene rings is 3. The molecule has 3 N–H and O–H groups in total. The van der Waals surface area contributed by atoms with Gasteiger partial charge in [0.25, 0.3) is 10.0 Å². The van der Waals surface area contributed by atoms with Crippen molar-refractivity contribution in [2.75, 3.05) is 15.4 Å². The lowest BCUT2D eigenvalue weighted by atomic mass is 10.1. The Hall–Kier alpha value is -3.36. The van der Waals surface area contributed by atoms with Gasteiger partial charge in [-0.1, -0.05) is 41.9 Å². The second kappa shape index (κ2) is 9.63. The first-order valence-corrected chi connectivity index (χ1v) is 11.1. The van der Waals surface area contributed by atoms with E-state index in [-0.39, 0.29) is 33.8 Å². The smallest absolute Gasteiger partial charge is 0.262 e. The van der Waals surface area contributed by atoms with Gasteiger partial charge in [0, 0.05) is 18.3 Å². The average Bonchev–Trinajstić information content (AvgIpc) is 2.71.